The van der Waals surface area contributed by atoms with Gasteiger partial charge in [0.2, 0.25) is 5.91 Å². The fraction of sp³-hybridized carbons (Fsp3) is 0.333. The van der Waals surface area contributed by atoms with Crippen molar-refractivity contribution in [3.05, 3.63) is 44.6 Å². The van der Waals surface area contributed by atoms with Crippen molar-refractivity contribution in [1.82, 2.24) is 15.0 Å². The van der Waals surface area contributed by atoms with E-state index in [0.717, 1.165) is 45.3 Å². The Labute approximate surface area is 185 Å². The first-order valence-corrected chi connectivity index (χ1v) is 12.4. The third-order valence-electron chi connectivity index (χ3n) is 5.27. The number of aryl methyl sites for hydroxylation is 2. The maximum atomic E-state index is 12.7. The number of H-pyrrole nitrogens is 1. The van der Waals surface area contributed by atoms with Crippen molar-refractivity contribution in [1.29, 1.82) is 0 Å². The van der Waals surface area contributed by atoms with Gasteiger partial charge in [-0.2, -0.15) is 0 Å². The Morgan fingerprint density at radius 1 is 1.33 bits per heavy atom. The van der Waals surface area contributed by atoms with Crippen LogP contribution < -0.4 is 10.9 Å². The second kappa shape index (κ2) is 7.79. The molecule has 30 heavy (non-hydrogen) atoms. The molecule has 6 nitrogen and oxygen atoms in total. The summed E-state index contributed by atoms with van der Waals surface area (Å²) in [5, 5.41) is 4.65. The van der Waals surface area contributed by atoms with Crippen molar-refractivity contribution in [3.8, 4) is 0 Å². The van der Waals surface area contributed by atoms with E-state index in [-0.39, 0.29) is 17.2 Å². The summed E-state index contributed by atoms with van der Waals surface area (Å²) in [4.78, 5) is 39.1. The van der Waals surface area contributed by atoms with E-state index in [4.69, 9.17) is 0 Å². The van der Waals surface area contributed by atoms with Gasteiger partial charge in [0.15, 0.2) is 10.3 Å². The molecule has 0 fully saturated rings. The van der Waals surface area contributed by atoms with E-state index in [9.17, 15) is 9.59 Å². The molecule has 4 aromatic rings. The van der Waals surface area contributed by atoms with Crippen LogP contribution in [0, 0.1) is 12.8 Å². The first-order valence-electron chi connectivity index (χ1n) is 9.80. The lowest BCUT2D eigenvalue weighted by Crippen LogP contribution is -2.16. The number of nitrogens with one attached hydrogen (secondary N) is 2. The molecule has 1 aliphatic rings. The molecule has 154 valence electrons. The third-order valence-corrected chi connectivity index (χ3v) is 8.25. The smallest absolute Gasteiger partial charge is 0.260 e. The third kappa shape index (κ3) is 3.77. The molecule has 1 atom stereocenters. The summed E-state index contributed by atoms with van der Waals surface area (Å²) in [6, 6.07) is 6.04. The molecule has 0 saturated carbocycles. The zero-order chi connectivity index (χ0) is 20.8. The highest BCUT2D eigenvalue weighted by Gasteiger charge is 2.23. The maximum Gasteiger partial charge on any atom is 0.260 e. The van der Waals surface area contributed by atoms with Crippen LogP contribution in [0.1, 0.15) is 29.3 Å². The predicted molar refractivity (Wildman–Crippen MR) is 125 cm³/mol. The number of carbonyl (C=O) groups excluding carboxylic acids is 1. The van der Waals surface area contributed by atoms with E-state index in [1.54, 1.807) is 11.3 Å². The Balaban J connectivity index is 1.30. The number of thiophene rings is 1. The number of nitrogens with zero attached hydrogens (tertiary/aromatic N) is 2. The minimum atomic E-state index is -0.169. The van der Waals surface area contributed by atoms with Gasteiger partial charge in [-0.25, -0.2) is 9.97 Å². The Morgan fingerprint density at radius 2 is 2.20 bits per heavy atom. The molecule has 0 bridgehead atoms. The molecule has 1 unspecified atom stereocenters. The van der Waals surface area contributed by atoms with Gasteiger partial charge >= 0.3 is 0 Å². The SMILES string of the molecule is Cc1ccc2sc(NC(=O)CSc3nc4sc5c(c4c(=O)[nH]3)CCC(C)C5)nc2c1. The lowest BCUT2D eigenvalue weighted by atomic mass is 9.89. The molecule has 0 saturated heterocycles. The molecule has 0 aliphatic heterocycles. The molecule has 0 radical (unpaired) electrons. The fourth-order valence-corrected chi connectivity index (χ4v) is 6.74. The summed E-state index contributed by atoms with van der Waals surface area (Å²) in [6.45, 7) is 4.26. The van der Waals surface area contributed by atoms with Gasteiger partial charge in [0.05, 0.1) is 21.4 Å². The van der Waals surface area contributed by atoms with Crippen LogP contribution in [0.25, 0.3) is 20.4 Å². The summed E-state index contributed by atoms with van der Waals surface area (Å²) in [5.41, 5.74) is 3.09. The Kier molecular flexibility index (Phi) is 5.12. The molecule has 0 spiro atoms. The zero-order valence-corrected chi connectivity index (χ0v) is 19.0. The zero-order valence-electron chi connectivity index (χ0n) is 16.6. The average Bonchev–Trinajstić information content (AvgIpc) is 3.25. The second-order valence-electron chi connectivity index (χ2n) is 7.73. The van der Waals surface area contributed by atoms with E-state index in [1.807, 2.05) is 25.1 Å². The number of thioether (sulfide) groups is 1. The number of benzene rings is 1. The predicted octanol–water partition coefficient (Wildman–Crippen LogP) is 4.76. The van der Waals surface area contributed by atoms with Crippen molar-refractivity contribution in [2.45, 2.75) is 38.3 Å². The number of fused-ring (bicyclic) bond motifs is 4. The van der Waals surface area contributed by atoms with E-state index in [1.165, 1.54) is 33.5 Å². The lowest BCUT2D eigenvalue weighted by molar-refractivity contribution is -0.113. The standard InChI is InChI=1S/C21H20N4O2S3/c1-10-4-6-14-13(7-10)22-21(30-14)23-16(26)9-28-20-24-18(27)17-12-5-3-11(2)8-15(12)29-19(17)25-20/h4,6-7,11H,3,5,8-9H2,1-2H3,(H,22,23,26)(H,24,25,27). The van der Waals surface area contributed by atoms with Gasteiger partial charge in [-0.1, -0.05) is 36.1 Å². The highest BCUT2D eigenvalue weighted by atomic mass is 32.2. The van der Waals surface area contributed by atoms with Gasteiger partial charge in [-0.15, -0.1) is 11.3 Å². The minimum Gasteiger partial charge on any atom is -0.301 e. The molecule has 3 heterocycles. The van der Waals surface area contributed by atoms with Gasteiger partial charge in [-0.3, -0.25) is 9.59 Å². The van der Waals surface area contributed by atoms with Crippen LogP contribution >= 0.6 is 34.4 Å². The van der Waals surface area contributed by atoms with E-state index >= 15 is 0 Å². The van der Waals surface area contributed by atoms with Crippen LogP contribution in [0.15, 0.2) is 28.2 Å². The van der Waals surface area contributed by atoms with Crippen LogP contribution in [0.2, 0.25) is 0 Å². The van der Waals surface area contributed by atoms with Gasteiger partial charge in [-0.05, 0) is 55.4 Å². The van der Waals surface area contributed by atoms with E-state index in [2.05, 4.69) is 27.2 Å². The molecular weight excluding hydrogens is 436 g/mol. The number of carbonyl (C=O) groups is 1. The van der Waals surface area contributed by atoms with Crippen LogP contribution in [-0.2, 0) is 17.6 Å². The number of thiazole rings is 1. The molecule has 5 rings (SSSR count). The van der Waals surface area contributed by atoms with Crippen LogP contribution in [0.5, 0.6) is 0 Å². The Morgan fingerprint density at radius 3 is 3.07 bits per heavy atom. The van der Waals surface area contributed by atoms with Crippen molar-refractivity contribution in [3.63, 3.8) is 0 Å². The molecular formula is C21H20N4O2S3. The quantitative estimate of drug-likeness (QED) is 0.341. The Hall–Kier alpha value is -2.23. The molecule has 3 aromatic heterocycles. The Bertz CT molecular complexity index is 1340. The van der Waals surface area contributed by atoms with Gasteiger partial charge in [0.1, 0.15) is 4.83 Å². The number of aromatic amines is 1. The lowest BCUT2D eigenvalue weighted by Gasteiger charge is -2.17. The molecule has 1 amide bonds. The van der Waals surface area contributed by atoms with E-state index < -0.39 is 0 Å². The van der Waals surface area contributed by atoms with Crippen LogP contribution in [-0.4, -0.2) is 26.6 Å². The summed E-state index contributed by atoms with van der Waals surface area (Å²) in [5.74, 6) is 0.636. The van der Waals surface area contributed by atoms with Crippen LogP contribution in [0.4, 0.5) is 5.13 Å². The highest BCUT2D eigenvalue weighted by molar-refractivity contribution is 7.99. The number of rotatable bonds is 4. The second-order valence-corrected chi connectivity index (χ2v) is 10.8. The highest BCUT2D eigenvalue weighted by Crippen LogP contribution is 2.36. The first-order chi connectivity index (χ1) is 14.5. The van der Waals surface area contributed by atoms with Crippen molar-refractivity contribution >= 4 is 65.9 Å². The summed E-state index contributed by atoms with van der Waals surface area (Å²) >= 11 is 4.31. The number of hydrogen-bond acceptors (Lipinski definition) is 7. The van der Waals surface area contributed by atoms with Crippen molar-refractivity contribution in [2.24, 2.45) is 5.92 Å². The average molecular weight is 457 g/mol. The van der Waals surface area contributed by atoms with Crippen molar-refractivity contribution in [2.75, 3.05) is 11.1 Å². The topological polar surface area (TPSA) is 87.7 Å². The summed E-state index contributed by atoms with van der Waals surface area (Å²) in [6.07, 6.45) is 3.07. The van der Waals surface area contributed by atoms with Gasteiger partial charge < -0.3 is 10.3 Å². The minimum absolute atomic E-state index is 0.100. The van der Waals surface area contributed by atoms with E-state index in [0.29, 0.717) is 16.2 Å². The molecule has 1 aliphatic carbocycles. The molecule has 1 aromatic carbocycles. The molecule has 9 heteroatoms. The van der Waals surface area contributed by atoms with Gasteiger partial charge in [0, 0.05) is 4.88 Å². The largest absolute Gasteiger partial charge is 0.301 e. The number of amides is 1. The van der Waals surface area contributed by atoms with Crippen molar-refractivity contribution < 1.29 is 4.79 Å². The summed E-state index contributed by atoms with van der Waals surface area (Å²) in [7, 11) is 0. The normalized spacial score (nSPS) is 16.1. The first kappa shape index (κ1) is 19.7. The monoisotopic (exact) mass is 456 g/mol. The van der Waals surface area contributed by atoms with Crippen LogP contribution in [0.3, 0.4) is 0 Å². The fourth-order valence-electron chi connectivity index (χ4n) is 3.78. The molecule has 2 N–H and O–H groups in total. The number of hydrogen-bond donors (Lipinski definition) is 2. The number of anilines is 1. The summed E-state index contributed by atoms with van der Waals surface area (Å²) < 4.78 is 1.04. The number of aromatic nitrogens is 3. The maximum absolute atomic E-state index is 12.7. The van der Waals surface area contributed by atoms with Gasteiger partial charge in [0.25, 0.3) is 5.56 Å².